The predicted octanol–water partition coefficient (Wildman–Crippen LogP) is 2.80. The van der Waals surface area contributed by atoms with Crippen molar-refractivity contribution in [2.24, 2.45) is 0 Å². The number of likely N-dealkylation sites (tertiary alicyclic amines) is 1. The molecule has 1 amide bonds. The van der Waals surface area contributed by atoms with Gasteiger partial charge in [-0.1, -0.05) is 29.8 Å². The van der Waals surface area contributed by atoms with Crippen LogP contribution in [0.4, 0.5) is 0 Å². The minimum atomic E-state index is -1.02. The van der Waals surface area contributed by atoms with Crippen LogP contribution in [0.2, 0.25) is 0 Å². The molecule has 0 radical (unpaired) electrons. The molecule has 1 unspecified atom stereocenters. The number of hydrogen-bond donors (Lipinski definition) is 1. The molecule has 1 aliphatic rings. The lowest BCUT2D eigenvalue weighted by Crippen LogP contribution is -2.40. The number of rotatable bonds is 6. The Morgan fingerprint density at radius 1 is 1.15 bits per heavy atom. The second-order valence-electron chi connectivity index (χ2n) is 6.93. The molecule has 0 bridgehead atoms. The lowest BCUT2D eigenvalue weighted by molar-refractivity contribution is 0.00430. The highest BCUT2D eigenvalue weighted by Gasteiger charge is 2.39. The van der Waals surface area contributed by atoms with E-state index in [1.165, 1.54) is 0 Å². The summed E-state index contributed by atoms with van der Waals surface area (Å²) in [7, 11) is 1.64. The second kappa shape index (κ2) is 7.89. The quantitative estimate of drug-likeness (QED) is 0.866. The SMILES string of the molecule is COCc1ccc(C(=O)N2CCC(O)(COc3ccc(C)cc3)C2)cc1. The van der Waals surface area contributed by atoms with Crippen molar-refractivity contribution in [2.75, 3.05) is 26.8 Å². The van der Waals surface area contributed by atoms with E-state index < -0.39 is 5.60 Å². The summed E-state index contributed by atoms with van der Waals surface area (Å²) in [5.41, 5.74) is 1.78. The predicted molar refractivity (Wildman–Crippen MR) is 99.3 cm³/mol. The summed E-state index contributed by atoms with van der Waals surface area (Å²) in [4.78, 5) is 14.3. The number of benzene rings is 2. The summed E-state index contributed by atoms with van der Waals surface area (Å²) in [5, 5.41) is 10.8. The molecule has 3 rings (SSSR count). The molecule has 1 saturated heterocycles. The Kier molecular flexibility index (Phi) is 5.59. The molecule has 2 aromatic rings. The van der Waals surface area contributed by atoms with Crippen molar-refractivity contribution in [1.29, 1.82) is 0 Å². The first-order chi connectivity index (χ1) is 12.5. The first kappa shape index (κ1) is 18.4. The van der Waals surface area contributed by atoms with Gasteiger partial charge in [-0.25, -0.2) is 0 Å². The molecule has 1 atom stereocenters. The highest BCUT2D eigenvalue weighted by molar-refractivity contribution is 5.94. The number of aliphatic hydroxyl groups is 1. The Labute approximate surface area is 154 Å². The summed E-state index contributed by atoms with van der Waals surface area (Å²) in [6.45, 7) is 3.50. The zero-order chi connectivity index (χ0) is 18.6. The fourth-order valence-corrected chi connectivity index (χ4v) is 3.09. The maximum Gasteiger partial charge on any atom is 0.253 e. The van der Waals surface area contributed by atoms with Crippen molar-refractivity contribution < 1.29 is 19.4 Å². The van der Waals surface area contributed by atoms with Gasteiger partial charge in [-0.05, 0) is 43.2 Å². The standard InChI is InChI=1S/C21H25NO4/c1-16-3-9-19(10-4-16)26-15-21(24)11-12-22(14-21)20(23)18-7-5-17(6-8-18)13-25-2/h3-10,24H,11-15H2,1-2H3. The number of amides is 1. The van der Waals surface area contributed by atoms with E-state index in [-0.39, 0.29) is 19.1 Å². The fourth-order valence-electron chi connectivity index (χ4n) is 3.09. The smallest absolute Gasteiger partial charge is 0.253 e. The largest absolute Gasteiger partial charge is 0.491 e. The van der Waals surface area contributed by atoms with Crippen molar-refractivity contribution in [2.45, 2.75) is 25.6 Å². The lowest BCUT2D eigenvalue weighted by Gasteiger charge is -2.23. The third-order valence-electron chi connectivity index (χ3n) is 4.66. The van der Waals surface area contributed by atoms with Gasteiger partial charge in [0.1, 0.15) is 18.0 Å². The van der Waals surface area contributed by atoms with Crippen LogP contribution in [-0.4, -0.2) is 48.3 Å². The average molecular weight is 355 g/mol. The van der Waals surface area contributed by atoms with Crippen LogP contribution in [0, 0.1) is 6.92 Å². The summed E-state index contributed by atoms with van der Waals surface area (Å²) in [6, 6.07) is 15.1. The minimum absolute atomic E-state index is 0.0692. The van der Waals surface area contributed by atoms with E-state index in [4.69, 9.17) is 9.47 Å². The Bertz CT molecular complexity index is 742. The third-order valence-corrected chi connectivity index (χ3v) is 4.66. The maximum absolute atomic E-state index is 12.7. The number of β-amino-alcohol motifs (C(OH)–C–C–N with tert-alkyl or cyclic N) is 1. The summed E-state index contributed by atoms with van der Waals surface area (Å²) >= 11 is 0. The van der Waals surface area contributed by atoms with Gasteiger partial charge in [0.25, 0.3) is 5.91 Å². The van der Waals surface area contributed by atoms with Crippen molar-refractivity contribution in [1.82, 2.24) is 4.90 Å². The van der Waals surface area contributed by atoms with Gasteiger partial charge in [0.05, 0.1) is 13.2 Å². The number of carbonyl (C=O) groups is 1. The normalized spacial score (nSPS) is 19.6. The van der Waals surface area contributed by atoms with E-state index in [0.717, 1.165) is 16.9 Å². The number of nitrogens with zero attached hydrogens (tertiary/aromatic N) is 1. The van der Waals surface area contributed by atoms with Crippen LogP contribution in [0.15, 0.2) is 48.5 Å². The molecule has 5 heteroatoms. The van der Waals surface area contributed by atoms with Crippen molar-refractivity contribution in [3.05, 3.63) is 65.2 Å². The van der Waals surface area contributed by atoms with E-state index >= 15 is 0 Å². The van der Waals surface area contributed by atoms with Crippen molar-refractivity contribution in [3.8, 4) is 5.75 Å². The van der Waals surface area contributed by atoms with Crippen LogP contribution in [0.5, 0.6) is 5.75 Å². The van der Waals surface area contributed by atoms with Gasteiger partial charge < -0.3 is 19.5 Å². The zero-order valence-corrected chi connectivity index (χ0v) is 15.3. The van der Waals surface area contributed by atoms with Crippen LogP contribution in [0.25, 0.3) is 0 Å². The molecule has 0 aliphatic carbocycles. The molecule has 0 spiro atoms. The molecule has 1 fully saturated rings. The molecular formula is C21H25NO4. The molecule has 2 aromatic carbocycles. The van der Waals surface area contributed by atoms with Crippen LogP contribution >= 0.6 is 0 Å². The van der Waals surface area contributed by atoms with Gasteiger partial charge in [0.15, 0.2) is 0 Å². The summed E-state index contributed by atoms with van der Waals surface area (Å²) in [6.07, 6.45) is 0.506. The van der Waals surface area contributed by atoms with Crippen molar-refractivity contribution in [3.63, 3.8) is 0 Å². The zero-order valence-electron chi connectivity index (χ0n) is 15.3. The van der Waals surface area contributed by atoms with Gasteiger partial charge in [0, 0.05) is 19.2 Å². The average Bonchev–Trinajstić information content (AvgIpc) is 3.04. The van der Waals surface area contributed by atoms with Gasteiger partial charge >= 0.3 is 0 Å². The van der Waals surface area contributed by atoms with Crippen LogP contribution in [0.3, 0.4) is 0 Å². The molecule has 0 aromatic heterocycles. The molecule has 26 heavy (non-hydrogen) atoms. The van der Waals surface area contributed by atoms with Crippen LogP contribution in [0.1, 0.15) is 27.9 Å². The maximum atomic E-state index is 12.7. The first-order valence-electron chi connectivity index (χ1n) is 8.78. The highest BCUT2D eigenvalue weighted by Crippen LogP contribution is 2.25. The first-order valence-corrected chi connectivity index (χ1v) is 8.78. The number of hydrogen-bond acceptors (Lipinski definition) is 4. The number of methoxy groups -OCH3 is 1. The lowest BCUT2D eigenvalue weighted by atomic mass is 10.1. The summed E-state index contributed by atoms with van der Waals surface area (Å²) in [5.74, 6) is 0.655. The van der Waals surface area contributed by atoms with Gasteiger partial charge in [-0.15, -0.1) is 0 Å². The molecule has 1 aliphatic heterocycles. The second-order valence-corrected chi connectivity index (χ2v) is 6.93. The molecule has 5 nitrogen and oxygen atoms in total. The van der Waals surface area contributed by atoms with Crippen molar-refractivity contribution >= 4 is 5.91 Å². The molecular weight excluding hydrogens is 330 g/mol. The Morgan fingerprint density at radius 3 is 2.50 bits per heavy atom. The highest BCUT2D eigenvalue weighted by atomic mass is 16.5. The third kappa shape index (κ3) is 4.42. The Balaban J connectivity index is 1.57. The molecule has 138 valence electrons. The minimum Gasteiger partial charge on any atom is -0.491 e. The summed E-state index contributed by atoms with van der Waals surface area (Å²) < 4.78 is 10.8. The number of ether oxygens (including phenoxy) is 2. The van der Waals surface area contributed by atoms with E-state index in [1.807, 2.05) is 43.3 Å². The van der Waals surface area contributed by atoms with Crippen LogP contribution in [-0.2, 0) is 11.3 Å². The molecule has 0 saturated carbocycles. The van der Waals surface area contributed by atoms with E-state index in [9.17, 15) is 9.90 Å². The van der Waals surface area contributed by atoms with Crippen LogP contribution < -0.4 is 4.74 Å². The van der Waals surface area contributed by atoms with E-state index in [1.54, 1.807) is 24.1 Å². The molecule has 1 N–H and O–H groups in total. The number of carbonyl (C=O) groups excluding carboxylic acids is 1. The van der Waals surface area contributed by atoms with Gasteiger partial charge in [-0.2, -0.15) is 0 Å². The molecule has 1 heterocycles. The monoisotopic (exact) mass is 355 g/mol. The number of aryl methyl sites for hydroxylation is 1. The van der Waals surface area contributed by atoms with E-state index in [2.05, 4.69) is 0 Å². The Hall–Kier alpha value is -2.37. The van der Waals surface area contributed by atoms with E-state index in [0.29, 0.717) is 25.1 Å². The van der Waals surface area contributed by atoms with Gasteiger partial charge in [-0.3, -0.25) is 4.79 Å². The van der Waals surface area contributed by atoms with Gasteiger partial charge in [0.2, 0.25) is 0 Å². The topological polar surface area (TPSA) is 59.0 Å². The fraction of sp³-hybridized carbons (Fsp3) is 0.381. The Morgan fingerprint density at radius 2 is 1.85 bits per heavy atom.